The van der Waals surface area contributed by atoms with Crippen LogP contribution >= 0.6 is 11.3 Å². The van der Waals surface area contributed by atoms with Crippen LogP contribution in [0.25, 0.3) is 0 Å². The van der Waals surface area contributed by atoms with Crippen LogP contribution in [-0.4, -0.2) is 30.1 Å². The van der Waals surface area contributed by atoms with Gasteiger partial charge in [-0.15, -0.1) is 11.3 Å². The van der Waals surface area contributed by atoms with Gasteiger partial charge >= 0.3 is 6.18 Å². The maximum Gasteiger partial charge on any atom is 0.434 e. The van der Waals surface area contributed by atoms with Gasteiger partial charge in [-0.3, -0.25) is 4.99 Å². The van der Waals surface area contributed by atoms with Gasteiger partial charge in [0, 0.05) is 30.9 Å². The largest absolute Gasteiger partial charge is 0.434 e. The molecule has 0 amide bonds. The molecule has 0 bridgehead atoms. The fourth-order valence-corrected chi connectivity index (χ4v) is 3.37. The molecule has 0 atom stereocenters. The van der Waals surface area contributed by atoms with Crippen LogP contribution in [0.5, 0.6) is 0 Å². The van der Waals surface area contributed by atoms with Crippen molar-refractivity contribution >= 4 is 17.3 Å². The molecule has 1 aromatic rings. The van der Waals surface area contributed by atoms with Gasteiger partial charge in [-0.25, -0.2) is 4.98 Å². The van der Waals surface area contributed by atoms with Gasteiger partial charge in [-0.05, 0) is 19.8 Å². The molecule has 2 N–H and O–H groups in total. The van der Waals surface area contributed by atoms with Crippen LogP contribution in [0.2, 0.25) is 0 Å². The first-order chi connectivity index (χ1) is 11.0. The van der Waals surface area contributed by atoms with Crippen LogP contribution in [0.4, 0.5) is 13.2 Å². The van der Waals surface area contributed by atoms with E-state index in [4.69, 9.17) is 0 Å². The zero-order valence-corrected chi connectivity index (χ0v) is 14.1. The number of aromatic nitrogens is 1. The molecule has 23 heavy (non-hydrogen) atoms. The van der Waals surface area contributed by atoms with Crippen molar-refractivity contribution in [3.05, 3.63) is 16.1 Å². The molecule has 1 aliphatic carbocycles. The van der Waals surface area contributed by atoms with Crippen LogP contribution in [0.15, 0.2) is 10.4 Å². The van der Waals surface area contributed by atoms with Gasteiger partial charge in [0.05, 0.1) is 5.01 Å². The van der Waals surface area contributed by atoms with Gasteiger partial charge in [0.15, 0.2) is 11.7 Å². The van der Waals surface area contributed by atoms with Crippen LogP contribution in [-0.2, 0) is 12.6 Å². The van der Waals surface area contributed by atoms with Crippen molar-refractivity contribution in [2.75, 3.05) is 13.1 Å². The highest BCUT2D eigenvalue weighted by Gasteiger charge is 2.33. The summed E-state index contributed by atoms with van der Waals surface area (Å²) in [6, 6.07) is 0.443. The number of aliphatic imine (C=N–C) groups is 1. The molecule has 0 unspecified atom stereocenters. The SMILES string of the molecule is CCNC(=NCCc1nc(C(F)(F)F)cs1)NC1CCCCC1. The lowest BCUT2D eigenvalue weighted by atomic mass is 9.96. The van der Waals surface area contributed by atoms with Crippen molar-refractivity contribution < 1.29 is 13.2 Å². The molecule has 1 fully saturated rings. The fourth-order valence-electron chi connectivity index (χ4n) is 2.58. The number of rotatable bonds is 5. The van der Waals surface area contributed by atoms with E-state index in [1.807, 2.05) is 6.92 Å². The summed E-state index contributed by atoms with van der Waals surface area (Å²) >= 11 is 1.04. The molecule has 1 aliphatic rings. The van der Waals surface area contributed by atoms with E-state index in [0.717, 1.165) is 42.1 Å². The molecule has 1 heterocycles. The Morgan fingerprint density at radius 1 is 1.35 bits per heavy atom. The Balaban J connectivity index is 1.86. The van der Waals surface area contributed by atoms with Crippen molar-refractivity contribution in [1.29, 1.82) is 0 Å². The molecule has 0 saturated heterocycles. The number of halogens is 3. The second kappa shape index (κ2) is 8.52. The first-order valence-electron chi connectivity index (χ1n) is 8.05. The number of nitrogens with zero attached hydrogens (tertiary/aromatic N) is 2. The summed E-state index contributed by atoms with van der Waals surface area (Å²) < 4.78 is 37.5. The zero-order chi connectivity index (χ0) is 16.7. The Bertz CT molecular complexity index is 507. The number of guanidine groups is 1. The predicted octanol–water partition coefficient (Wildman–Crippen LogP) is 3.59. The Kier molecular flexibility index (Phi) is 6.68. The van der Waals surface area contributed by atoms with Gasteiger partial charge < -0.3 is 10.6 Å². The lowest BCUT2D eigenvalue weighted by Crippen LogP contribution is -2.44. The molecule has 0 radical (unpaired) electrons. The van der Waals surface area contributed by atoms with Crippen LogP contribution in [0.1, 0.15) is 49.7 Å². The average Bonchev–Trinajstić information content (AvgIpc) is 2.97. The van der Waals surface area contributed by atoms with Gasteiger partial charge in [-0.2, -0.15) is 13.2 Å². The minimum Gasteiger partial charge on any atom is -0.357 e. The first kappa shape index (κ1) is 18.0. The highest BCUT2D eigenvalue weighted by molar-refractivity contribution is 7.09. The normalized spacial score (nSPS) is 17.3. The van der Waals surface area contributed by atoms with E-state index < -0.39 is 11.9 Å². The van der Waals surface area contributed by atoms with Crippen molar-refractivity contribution in [2.45, 2.75) is 57.7 Å². The van der Waals surface area contributed by atoms with E-state index >= 15 is 0 Å². The monoisotopic (exact) mass is 348 g/mol. The van der Waals surface area contributed by atoms with E-state index in [9.17, 15) is 13.2 Å². The zero-order valence-electron chi connectivity index (χ0n) is 13.2. The maximum absolute atomic E-state index is 12.5. The van der Waals surface area contributed by atoms with Gasteiger partial charge in [0.2, 0.25) is 0 Å². The molecular weight excluding hydrogens is 325 g/mol. The Hall–Kier alpha value is -1.31. The summed E-state index contributed by atoms with van der Waals surface area (Å²) in [5.74, 6) is 0.743. The molecule has 2 rings (SSSR count). The van der Waals surface area contributed by atoms with E-state index in [2.05, 4.69) is 20.6 Å². The van der Waals surface area contributed by atoms with Crippen LogP contribution < -0.4 is 10.6 Å². The summed E-state index contributed by atoms with van der Waals surface area (Å²) in [7, 11) is 0. The third-order valence-corrected chi connectivity index (χ3v) is 4.64. The summed E-state index contributed by atoms with van der Waals surface area (Å²) in [5, 5.41) is 8.13. The first-order valence-corrected chi connectivity index (χ1v) is 8.93. The molecule has 0 spiro atoms. The van der Waals surface area contributed by atoms with Crippen molar-refractivity contribution in [2.24, 2.45) is 4.99 Å². The summed E-state index contributed by atoms with van der Waals surface area (Å²) in [6.45, 7) is 3.18. The Morgan fingerprint density at radius 2 is 2.09 bits per heavy atom. The van der Waals surface area contributed by atoms with Crippen LogP contribution in [0.3, 0.4) is 0 Å². The number of nitrogens with one attached hydrogen (secondary N) is 2. The summed E-state index contributed by atoms with van der Waals surface area (Å²) in [5.41, 5.74) is -0.811. The lowest BCUT2D eigenvalue weighted by molar-refractivity contribution is -0.140. The molecule has 8 heteroatoms. The van der Waals surface area contributed by atoms with E-state index in [1.54, 1.807) is 0 Å². The van der Waals surface area contributed by atoms with Crippen molar-refractivity contribution in [1.82, 2.24) is 15.6 Å². The fraction of sp³-hybridized carbons (Fsp3) is 0.733. The topological polar surface area (TPSA) is 49.3 Å². The summed E-state index contributed by atoms with van der Waals surface area (Å²) in [4.78, 5) is 8.08. The predicted molar refractivity (Wildman–Crippen MR) is 86.8 cm³/mol. The molecule has 4 nitrogen and oxygen atoms in total. The third kappa shape index (κ3) is 6.01. The maximum atomic E-state index is 12.5. The highest BCUT2D eigenvalue weighted by atomic mass is 32.1. The quantitative estimate of drug-likeness (QED) is 0.631. The standard InChI is InChI=1S/C15H23F3N4S/c1-2-19-14(21-11-6-4-3-5-7-11)20-9-8-13-22-12(10-23-13)15(16,17)18/h10-11H,2-9H2,1H3,(H2,19,20,21). The molecule has 0 aromatic carbocycles. The molecule has 130 valence electrons. The average molecular weight is 348 g/mol. The van der Waals surface area contributed by atoms with Gasteiger partial charge in [0.1, 0.15) is 0 Å². The Morgan fingerprint density at radius 3 is 2.70 bits per heavy atom. The number of hydrogen-bond donors (Lipinski definition) is 2. The minimum atomic E-state index is -4.37. The third-order valence-electron chi connectivity index (χ3n) is 3.73. The smallest absolute Gasteiger partial charge is 0.357 e. The van der Waals surface area contributed by atoms with Gasteiger partial charge in [-0.1, -0.05) is 19.3 Å². The number of thiazole rings is 1. The molecule has 1 aromatic heterocycles. The second-order valence-corrected chi connectivity index (χ2v) is 6.56. The molecule has 0 aliphatic heterocycles. The number of alkyl halides is 3. The molecular formula is C15H23F3N4S. The molecule has 1 saturated carbocycles. The van der Waals surface area contributed by atoms with Gasteiger partial charge in [0.25, 0.3) is 0 Å². The lowest BCUT2D eigenvalue weighted by Gasteiger charge is -2.24. The number of hydrogen-bond acceptors (Lipinski definition) is 3. The Labute approximate surface area is 138 Å². The second-order valence-electron chi connectivity index (χ2n) is 5.61. The van der Waals surface area contributed by atoms with Crippen molar-refractivity contribution in [3.63, 3.8) is 0 Å². The van der Waals surface area contributed by atoms with E-state index in [0.29, 0.717) is 24.0 Å². The van der Waals surface area contributed by atoms with Crippen LogP contribution in [0, 0.1) is 0 Å². The minimum absolute atomic E-state index is 0.419. The summed E-state index contributed by atoms with van der Waals surface area (Å²) in [6.07, 6.45) is 2.10. The van der Waals surface area contributed by atoms with Crippen molar-refractivity contribution in [3.8, 4) is 0 Å². The highest BCUT2D eigenvalue weighted by Crippen LogP contribution is 2.30. The van der Waals surface area contributed by atoms with E-state index in [-0.39, 0.29) is 0 Å². The van der Waals surface area contributed by atoms with E-state index in [1.165, 1.54) is 19.3 Å².